The topological polar surface area (TPSA) is 66.0 Å². The van der Waals surface area contributed by atoms with E-state index in [9.17, 15) is 0 Å². The number of ether oxygens (including phenoxy) is 1. The van der Waals surface area contributed by atoms with Gasteiger partial charge in [-0.15, -0.1) is 21.5 Å². The van der Waals surface area contributed by atoms with Gasteiger partial charge in [0.2, 0.25) is 0 Å². The lowest BCUT2D eigenvalue weighted by Gasteiger charge is -2.07. The molecule has 5 rings (SSSR count). The molecule has 0 radical (unpaired) electrons. The minimum atomic E-state index is 0.533. The summed E-state index contributed by atoms with van der Waals surface area (Å²) in [7, 11) is 1.68. The molecule has 0 amide bonds. The van der Waals surface area contributed by atoms with Gasteiger partial charge in [-0.1, -0.05) is 23.9 Å². The van der Waals surface area contributed by atoms with Crippen LogP contribution in [0.15, 0.2) is 57.6 Å². The number of methoxy groups -OCH3 is 1. The van der Waals surface area contributed by atoms with E-state index in [0.717, 1.165) is 44.5 Å². The molecule has 8 heteroatoms. The maximum absolute atomic E-state index is 5.54. The maximum Gasteiger partial charge on any atom is 0.192 e. The van der Waals surface area contributed by atoms with Crippen molar-refractivity contribution in [1.82, 2.24) is 19.7 Å². The molecular formula is C21H20N4O2S2. The van der Waals surface area contributed by atoms with Crippen LogP contribution in [-0.4, -0.2) is 26.9 Å². The Balaban J connectivity index is 1.32. The van der Waals surface area contributed by atoms with Gasteiger partial charge in [-0.2, -0.15) is 0 Å². The number of hydrogen-bond donors (Lipinski definition) is 0. The molecule has 0 saturated heterocycles. The van der Waals surface area contributed by atoms with Crippen molar-refractivity contribution < 1.29 is 9.15 Å². The molecule has 4 aromatic rings. The number of nitrogens with zero attached hydrogens (tertiary/aromatic N) is 4. The Morgan fingerprint density at radius 1 is 1.24 bits per heavy atom. The lowest BCUT2D eigenvalue weighted by atomic mass is 10.2. The van der Waals surface area contributed by atoms with Gasteiger partial charge in [-0.3, -0.25) is 4.57 Å². The molecule has 0 N–H and O–H groups in total. The van der Waals surface area contributed by atoms with E-state index in [1.807, 2.05) is 30.3 Å². The first-order valence-electron chi connectivity index (χ1n) is 9.47. The number of hydrogen-bond acceptors (Lipinski definition) is 7. The van der Waals surface area contributed by atoms with Gasteiger partial charge in [-0.05, 0) is 37.1 Å². The Bertz CT molecular complexity index is 1100. The Kier molecular flexibility index (Phi) is 5.12. The van der Waals surface area contributed by atoms with Crippen LogP contribution in [0, 0.1) is 0 Å². The molecule has 0 spiro atoms. The van der Waals surface area contributed by atoms with Crippen LogP contribution in [0.1, 0.15) is 36.0 Å². The lowest BCUT2D eigenvalue weighted by Crippen LogP contribution is -2.05. The van der Waals surface area contributed by atoms with Crippen LogP contribution in [0.4, 0.5) is 0 Å². The van der Waals surface area contributed by atoms with Crippen LogP contribution in [-0.2, 0) is 12.3 Å². The predicted octanol–water partition coefficient (Wildman–Crippen LogP) is 5.22. The first-order valence-corrected chi connectivity index (χ1v) is 11.3. The fourth-order valence-electron chi connectivity index (χ4n) is 3.16. The summed E-state index contributed by atoms with van der Waals surface area (Å²) in [6.45, 7) is 0.667. The van der Waals surface area contributed by atoms with Crippen molar-refractivity contribution in [3.63, 3.8) is 0 Å². The number of thiazole rings is 1. The zero-order valence-electron chi connectivity index (χ0n) is 15.9. The number of thioether (sulfide) groups is 1. The molecule has 148 valence electrons. The second kappa shape index (κ2) is 8.04. The SMILES string of the molecule is COc1cccc(-c2nc(CSc3nnc(C4CC4)n3Cc3ccco3)cs2)c1. The third-order valence-electron chi connectivity index (χ3n) is 4.80. The smallest absolute Gasteiger partial charge is 0.192 e. The molecule has 1 aromatic carbocycles. The summed E-state index contributed by atoms with van der Waals surface area (Å²) in [5.41, 5.74) is 2.11. The van der Waals surface area contributed by atoms with E-state index in [1.54, 1.807) is 36.5 Å². The Morgan fingerprint density at radius 2 is 2.17 bits per heavy atom. The Morgan fingerprint density at radius 3 is 2.97 bits per heavy atom. The standard InChI is InChI=1S/C21H20N4O2S2/c1-26-17-5-2-4-15(10-17)20-22-16(12-28-20)13-29-21-24-23-19(14-7-8-14)25(21)11-18-6-3-9-27-18/h2-6,9-10,12,14H,7-8,11,13H2,1H3. The summed E-state index contributed by atoms with van der Waals surface area (Å²) in [5, 5.41) is 12.9. The first kappa shape index (κ1) is 18.4. The van der Waals surface area contributed by atoms with E-state index >= 15 is 0 Å². The minimum absolute atomic E-state index is 0.533. The average Bonchev–Trinajstić information content (AvgIpc) is 3.13. The summed E-state index contributed by atoms with van der Waals surface area (Å²) >= 11 is 3.32. The van der Waals surface area contributed by atoms with E-state index in [-0.39, 0.29) is 0 Å². The van der Waals surface area contributed by atoms with Crippen molar-refractivity contribution in [2.24, 2.45) is 0 Å². The van der Waals surface area contributed by atoms with Crippen molar-refractivity contribution in [2.75, 3.05) is 7.11 Å². The van der Waals surface area contributed by atoms with Gasteiger partial charge in [0.1, 0.15) is 22.3 Å². The highest BCUT2D eigenvalue weighted by Crippen LogP contribution is 2.40. The average molecular weight is 425 g/mol. The number of benzene rings is 1. The number of rotatable bonds is 8. The molecule has 6 nitrogen and oxygen atoms in total. The molecule has 0 atom stereocenters. The fraction of sp³-hybridized carbons (Fsp3) is 0.286. The number of furan rings is 1. The van der Waals surface area contributed by atoms with Crippen LogP contribution in [0.5, 0.6) is 5.75 Å². The predicted molar refractivity (Wildman–Crippen MR) is 113 cm³/mol. The summed E-state index contributed by atoms with van der Waals surface area (Å²) in [6, 6.07) is 11.9. The summed E-state index contributed by atoms with van der Waals surface area (Å²) in [5.74, 6) is 4.11. The second-order valence-electron chi connectivity index (χ2n) is 6.95. The molecule has 1 saturated carbocycles. The first-order chi connectivity index (χ1) is 14.3. The van der Waals surface area contributed by atoms with Crippen molar-refractivity contribution in [2.45, 2.75) is 36.2 Å². The monoisotopic (exact) mass is 424 g/mol. The quantitative estimate of drug-likeness (QED) is 0.361. The van der Waals surface area contributed by atoms with Gasteiger partial charge < -0.3 is 9.15 Å². The van der Waals surface area contributed by atoms with Crippen molar-refractivity contribution in [3.8, 4) is 16.3 Å². The van der Waals surface area contributed by atoms with Crippen molar-refractivity contribution >= 4 is 23.1 Å². The van der Waals surface area contributed by atoms with E-state index < -0.39 is 0 Å². The van der Waals surface area contributed by atoms with Crippen molar-refractivity contribution in [3.05, 3.63) is 65.3 Å². The Labute approximate surface area is 177 Å². The van der Waals surface area contributed by atoms with E-state index in [4.69, 9.17) is 14.1 Å². The molecule has 3 aromatic heterocycles. The fourth-order valence-corrected chi connectivity index (χ4v) is 4.92. The van der Waals surface area contributed by atoms with Crippen LogP contribution >= 0.6 is 23.1 Å². The van der Waals surface area contributed by atoms with Gasteiger partial charge in [0.25, 0.3) is 0 Å². The maximum atomic E-state index is 5.54. The molecule has 0 aliphatic heterocycles. The molecule has 0 unspecified atom stereocenters. The van der Waals surface area contributed by atoms with Gasteiger partial charge in [0, 0.05) is 22.6 Å². The van der Waals surface area contributed by atoms with Gasteiger partial charge in [0.15, 0.2) is 5.16 Å². The summed E-state index contributed by atoms with van der Waals surface area (Å²) in [6.07, 6.45) is 4.09. The molecular weight excluding hydrogens is 404 g/mol. The Hall–Kier alpha value is -2.58. The molecule has 3 heterocycles. The van der Waals surface area contributed by atoms with Gasteiger partial charge >= 0.3 is 0 Å². The zero-order chi connectivity index (χ0) is 19.6. The van der Waals surface area contributed by atoms with E-state index in [1.165, 1.54) is 12.8 Å². The van der Waals surface area contributed by atoms with Crippen molar-refractivity contribution in [1.29, 1.82) is 0 Å². The molecule has 0 bridgehead atoms. The van der Waals surface area contributed by atoms with Crippen LogP contribution in [0.25, 0.3) is 10.6 Å². The van der Waals surface area contributed by atoms with Crippen LogP contribution in [0.2, 0.25) is 0 Å². The highest BCUT2D eigenvalue weighted by molar-refractivity contribution is 7.98. The third kappa shape index (κ3) is 4.09. The normalized spacial score (nSPS) is 13.7. The summed E-state index contributed by atoms with van der Waals surface area (Å²) in [4.78, 5) is 4.80. The molecule has 1 aliphatic carbocycles. The largest absolute Gasteiger partial charge is 0.497 e. The van der Waals surface area contributed by atoms with E-state index in [2.05, 4.69) is 26.2 Å². The zero-order valence-corrected chi connectivity index (χ0v) is 17.6. The molecule has 29 heavy (non-hydrogen) atoms. The lowest BCUT2D eigenvalue weighted by molar-refractivity contribution is 0.415. The van der Waals surface area contributed by atoms with Gasteiger partial charge in [-0.25, -0.2) is 4.98 Å². The van der Waals surface area contributed by atoms with Crippen LogP contribution < -0.4 is 4.74 Å². The van der Waals surface area contributed by atoms with Gasteiger partial charge in [0.05, 0.1) is 25.6 Å². The van der Waals surface area contributed by atoms with Crippen LogP contribution in [0.3, 0.4) is 0 Å². The van der Waals surface area contributed by atoms with E-state index in [0.29, 0.717) is 12.5 Å². The second-order valence-corrected chi connectivity index (χ2v) is 8.75. The summed E-state index contributed by atoms with van der Waals surface area (Å²) < 4.78 is 13.1. The highest BCUT2D eigenvalue weighted by atomic mass is 32.2. The molecule has 1 fully saturated rings. The number of aromatic nitrogens is 4. The highest BCUT2D eigenvalue weighted by Gasteiger charge is 2.30. The minimum Gasteiger partial charge on any atom is -0.497 e. The third-order valence-corrected chi connectivity index (χ3v) is 6.74. The molecule has 1 aliphatic rings.